The van der Waals surface area contributed by atoms with Gasteiger partial charge in [0.1, 0.15) is 5.82 Å². The Morgan fingerprint density at radius 2 is 2.10 bits per heavy atom. The predicted octanol–water partition coefficient (Wildman–Crippen LogP) is 4.13. The van der Waals surface area contributed by atoms with Crippen molar-refractivity contribution in [3.05, 3.63) is 58.9 Å². The van der Waals surface area contributed by atoms with Crippen LogP contribution in [0, 0.1) is 19.7 Å². The number of aryl methyl sites for hydroxylation is 2. The van der Waals surface area contributed by atoms with E-state index < -0.39 is 11.8 Å². The van der Waals surface area contributed by atoms with Gasteiger partial charge in [0.2, 0.25) is 0 Å². The van der Waals surface area contributed by atoms with Crippen LogP contribution in [-0.2, 0) is 6.42 Å². The van der Waals surface area contributed by atoms with Crippen LogP contribution in [0.15, 0.2) is 35.0 Å². The molecule has 0 radical (unpaired) electrons. The van der Waals surface area contributed by atoms with E-state index in [1.165, 1.54) is 18.2 Å². The van der Waals surface area contributed by atoms with E-state index in [1.54, 1.807) is 0 Å². The standard InChI is InChI=1S/C21H22FN5O2/c1-12-9-13(2)17(24-11-12)7-8-23-21(28)25-18-6-5-15(22)10-16(18)20-26-19(27-29-20)14-3-4-14/h5-6,9-11,14H,3-4,7-8H2,1-2H3,(H2,23,25,28). The zero-order valence-electron chi connectivity index (χ0n) is 16.3. The molecule has 0 spiro atoms. The highest BCUT2D eigenvalue weighted by atomic mass is 19.1. The van der Waals surface area contributed by atoms with E-state index in [1.807, 2.05) is 20.0 Å². The first-order chi connectivity index (χ1) is 14.0. The van der Waals surface area contributed by atoms with Crippen molar-refractivity contribution in [3.8, 4) is 11.5 Å². The number of halogens is 1. The average Bonchev–Trinajstić information content (AvgIpc) is 3.42. The SMILES string of the molecule is Cc1cnc(CCNC(=O)Nc2ccc(F)cc2-c2nc(C3CC3)no2)c(C)c1. The molecule has 4 rings (SSSR count). The Balaban J connectivity index is 1.41. The van der Waals surface area contributed by atoms with E-state index in [9.17, 15) is 9.18 Å². The van der Waals surface area contributed by atoms with Crippen LogP contribution in [0.4, 0.5) is 14.9 Å². The number of anilines is 1. The average molecular weight is 395 g/mol. The molecule has 1 aliphatic rings. The van der Waals surface area contributed by atoms with Gasteiger partial charge in [-0.15, -0.1) is 0 Å². The van der Waals surface area contributed by atoms with Crippen molar-refractivity contribution in [2.45, 2.75) is 39.0 Å². The highest BCUT2D eigenvalue weighted by Crippen LogP contribution is 2.39. The molecule has 2 amide bonds. The first-order valence-electron chi connectivity index (χ1n) is 9.60. The van der Waals surface area contributed by atoms with Gasteiger partial charge in [-0.1, -0.05) is 11.2 Å². The number of carbonyl (C=O) groups is 1. The van der Waals surface area contributed by atoms with Gasteiger partial charge in [-0.05, 0) is 56.0 Å². The minimum atomic E-state index is -0.446. The highest BCUT2D eigenvalue weighted by Gasteiger charge is 2.29. The van der Waals surface area contributed by atoms with Crippen LogP contribution in [0.5, 0.6) is 0 Å². The molecular formula is C21H22FN5O2. The van der Waals surface area contributed by atoms with Gasteiger partial charge in [-0.3, -0.25) is 4.98 Å². The van der Waals surface area contributed by atoms with Gasteiger partial charge in [-0.25, -0.2) is 9.18 Å². The molecule has 8 heteroatoms. The zero-order valence-corrected chi connectivity index (χ0v) is 16.3. The van der Waals surface area contributed by atoms with Crippen molar-refractivity contribution in [3.63, 3.8) is 0 Å². The van der Waals surface area contributed by atoms with Crippen molar-refractivity contribution in [1.82, 2.24) is 20.4 Å². The fourth-order valence-electron chi connectivity index (χ4n) is 3.12. The van der Waals surface area contributed by atoms with Gasteiger partial charge < -0.3 is 15.2 Å². The second-order valence-electron chi connectivity index (χ2n) is 7.33. The molecule has 1 fully saturated rings. The van der Waals surface area contributed by atoms with Gasteiger partial charge in [0.05, 0.1) is 11.3 Å². The van der Waals surface area contributed by atoms with Crippen LogP contribution in [0.1, 0.15) is 41.4 Å². The number of carbonyl (C=O) groups excluding carboxylic acids is 1. The number of aromatic nitrogens is 3. The Morgan fingerprint density at radius 3 is 2.86 bits per heavy atom. The van der Waals surface area contributed by atoms with Crippen molar-refractivity contribution in [1.29, 1.82) is 0 Å². The minimum absolute atomic E-state index is 0.196. The number of urea groups is 1. The molecule has 0 saturated heterocycles. The van der Waals surface area contributed by atoms with Gasteiger partial charge in [-0.2, -0.15) is 4.98 Å². The van der Waals surface area contributed by atoms with Crippen molar-refractivity contribution >= 4 is 11.7 Å². The summed E-state index contributed by atoms with van der Waals surface area (Å²) in [5.74, 6) is 0.694. The molecule has 2 aromatic heterocycles. The normalized spacial score (nSPS) is 13.3. The number of nitrogens with zero attached hydrogens (tertiary/aromatic N) is 3. The lowest BCUT2D eigenvalue weighted by atomic mass is 10.1. The van der Waals surface area contributed by atoms with Crippen molar-refractivity contribution < 1.29 is 13.7 Å². The third kappa shape index (κ3) is 4.59. The van der Waals surface area contributed by atoms with Crippen molar-refractivity contribution in [2.75, 3.05) is 11.9 Å². The number of hydrogen-bond acceptors (Lipinski definition) is 5. The maximum absolute atomic E-state index is 13.8. The quantitative estimate of drug-likeness (QED) is 0.655. The number of nitrogens with one attached hydrogen (secondary N) is 2. The minimum Gasteiger partial charge on any atom is -0.337 e. The number of pyridine rings is 1. The van der Waals surface area contributed by atoms with Crippen LogP contribution in [0.25, 0.3) is 11.5 Å². The zero-order chi connectivity index (χ0) is 20.4. The van der Waals surface area contributed by atoms with Crippen molar-refractivity contribution in [2.24, 2.45) is 0 Å². The summed E-state index contributed by atoms with van der Waals surface area (Å²) in [6.45, 7) is 4.42. The van der Waals surface area contributed by atoms with Crippen LogP contribution < -0.4 is 10.6 Å². The Bertz CT molecular complexity index is 1050. The highest BCUT2D eigenvalue weighted by molar-refractivity contribution is 5.93. The topological polar surface area (TPSA) is 92.9 Å². The second kappa shape index (κ2) is 7.98. The predicted molar refractivity (Wildman–Crippen MR) is 106 cm³/mol. The summed E-state index contributed by atoms with van der Waals surface area (Å²) >= 11 is 0. The molecule has 0 aliphatic heterocycles. The van der Waals surface area contributed by atoms with Crippen LogP contribution in [-0.4, -0.2) is 27.7 Å². The van der Waals surface area contributed by atoms with E-state index in [0.717, 1.165) is 29.7 Å². The van der Waals surface area contributed by atoms with Gasteiger partial charge >= 0.3 is 6.03 Å². The molecule has 1 saturated carbocycles. The van der Waals surface area contributed by atoms with E-state index in [-0.39, 0.29) is 5.89 Å². The van der Waals surface area contributed by atoms with Crippen LogP contribution in [0.2, 0.25) is 0 Å². The fraction of sp³-hybridized carbons (Fsp3) is 0.333. The molecule has 29 heavy (non-hydrogen) atoms. The monoisotopic (exact) mass is 395 g/mol. The summed E-state index contributed by atoms with van der Waals surface area (Å²) in [6.07, 6.45) is 4.49. The Hall–Kier alpha value is -3.29. The summed E-state index contributed by atoms with van der Waals surface area (Å²) in [5.41, 5.74) is 3.90. The van der Waals surface area contributed by atoms with E-state index in [0.29, 0.717) is 36.0 Å². The van der Waals surface area contributed by atoms with Crippen LogP contribution in [0.3, 0.4) is 0 Å². The Morgan fingerprint density at radius 1 is 1.28 bits per heavy atom. The van der Waals surface area contributed by atoms with Crippen LogP contribution >= 0.6 is 0 Å². The number of hydrogen-bond donors (Lipinski definition) is 2. The molecule has 7 nitrogen and oxygen atoms in total. The largest absolute Gasteiger partial charge is 0.337 e. The summed E-state index contributed by atoms with van der Waals surface area (Å²) in [5, 5.41) is 9.49. The first kappa shape index (κ1) is 19.0. The van der Waals surface area contributed by atoms with E-state index >= 15 is 0 Å². The maximum atomic E-state index is 13.8. The first-order valence-corrected chi connectivity index (χ1v) is 9.60. The summed E-state index contributed by atoms with van der Waals surface area (Å²) in [7, 11) is 0. The molecule has 2 heterocycles. The molecule has 2 N–H and O–H groups in total. The van der Waals surface area contributed by atoms with E-state index in [2.05, 4.69) is 31.8 Å². The third-order valence-electron chi connectivity index (χ3n) is 4.82. The lowest BCUT2D eigenvalue weighted by Gasteiger charge is -2.11. The summed E-state index contributed by atoms with van der Waals surface area (Å²) in [6, 6.07) is 5.70. The lowest BCUT2D eigenvalue weighted by molar-refractivity contribution is 0.252. The second-order valence-corrected chi connectivity index (χ2v) is 7.33. The summed E-state index contributed by atoms with van der Waals surface area (Å²) < 4.78 is 19.1. The summed E-state index contributed by atoms with van der Waals surface area (Å²) in [4.78, 5) is 21.1. The third-order valence-corrected chi connectivity index (χ3v) is 4.82. The molecule has 3 aromatic rings. The number of benzene rings is 1. The number of amides is 2. The molecular weight excluding hydrogens is 373 g/mol. The lowest BCUT2D eigenvalue weighted by Crippen LogP contribution is -2.31. The van der Waals surface area contributed by atoms with Gasteiger partial charge in [0, 0.05) is 30.8 Å². The fourth-order valence-corrected chi connectivity index (χ4v) is 3.12. The van der Waals surface area contributed by atoms with Gasteiger partial charge in [0.15, 0.2) is 5.82 Å². The Labute approximate surface area is 167 Å². The Kier molecular flexibility index (Phi) is 5.24. The molecule has 1 aromatic carbocycles. The smallest absolute Gasteiger partial charge is 0.319 e. The molecule has 0 unspecified atom stereocenters. The van der Waals surface area contributed by atoms with Gasteiger partial charge in [0.25, 0.3) is 5.89 Å². The van der Waals surface area contributed by atoms with E-state index in [4.69, 9.17) is 4.52 Å². The molecule has 1 aliphatic carbocycles. The molecule has 0 atom stereocenters. The number of rotatable bonds is 6. The molecule has 150 valence electrons. The molecule has 0 bridgehead atoms. The maximum Gasteiger partial charge on any atom is 0.319 e.